The number of carbonyl (C=O) groups is 1. The quantitative estimate of drug-likeness (QED) is 0.792. The van der Waals surface area contributed by atoms with E-state index >= 15 is 0 Å². The van der Waals surface area contributed by atoms with Crippen LogP contribution in [0.5, 0.6) is 5.75 Å². The van der Waals surface area contributed by atoms with E-state index in [-0.39, 0.29) is 17.6 Å². The Morgan fingerprint density at radius 2 is 2.03 bits per heavy atom. The number of amides is 1. The lowest BCUT2D eigenvalue weighted by Gasteiger charge is -2.43. The fraction of sp³-hybridized carbons (Fsp3) is 0.682. The molecule has 29 heavy (non-hydrogen) atoms. The highest BCUT2D eigenvalue weighted by atomic mass is 35.5. The van der Waals surface area contributed by atoms with Crippen LogP contribution in [0, 0.1) is 0 Å². The van der Waals surface area contributed by atoms with Gasteiger partial charge >= 0.3 is 0 Å². The topological polar surface area (TPSA) is 54.0 Å². The number of hydrogen-bond donors (Lipinski definition) is 1. The highest BCUT2D eigenvalue weighted by Crippen LogP contribution is 2.35. The van der Waals surface area contributed by atoms with E-state index in [1.54, 1.807) is 0 Å². The van der Waals surface area contributed by atoms with Crippen LogP contribution < -0.4 is 10.1 Å². The third kappa shape index (κ3) is 5.05. The van der Waals surface area contributed by atoms with Crippen LogP contribution in [0.3, 0.4) is 0 Å². The van der Waals surface area contributed by atoms with Crippen LogP contribution in [-0.4, -0.2) is 73.3 Å². The first-order valence-electron chi connectivity index (χ1n) is 10.8. The largest absolute Gasteiger partial charge is 0.489 e. The first-order chi connectivity index (χ1) is 14.0. The summed E-state index contributed by atoms with van der Waals surface area (Å²) < 4.78 is 11.5. The molecule has 0 aromatic heterocycles. The molecule has 1 amide bonds. The number of benzene rings is 1. The van der Waals surface area contributed by atoms with Crippen LogP contribution in [-0.2, 0) is 16.1 Å². The Morgan fingerprint density at radius 3 is 2.79 bits per heavy atom. The molecule has 160 valence electrons. The molecule has 1 aromatic carbocycles. The highest BCUT2D eigenvalue weighted by molar-refractivity contribution is 6.30. The number of rotatable bonds is 5. The summed E-state index contributed by atoms with van der Waals surface area (Å²) in [6.07, 6.45) is 4.83. The standard InChI is InChI=1S/C22H32ClN3O3/c1-17-13-25(14-18-12-19(23)4-5-20(18)29-17)15-21(27)24-16-22(6-2-3-7-22)26-8-10-28-11-9-26/h4-5,12,17H,2-3,6-11,13-16H2,1H3,(H,24,27)/t17-/m1/s1. The minimum absolute atomic E-state index is 0.0275. The van der Waals surface area contributed by atoms with E-state index in [1.165, 1.54) is 12.8 Å². The summed E-state index contributed by atoms with van der Waals surface area (Å²) in [5.41, 5.74) is 1.14. The molecule has 0 spiro atoms. The zero-order valence-electron chi connectivity index (χ0n) is 17.3. The second-order valence-electron chi connectivity index (χ2n) is 8.66. The van der Waals surface area contributed by atoms with Crippen molar-refractivity contribution in [1.29, 1.82) is 0 Å². The number of nitrogens with zero attached hydrogens (tertiary/aromatic N) is 2. The summed E-state index contributed by atoms with van der Waals surface area (Å²) in [6, 6.07) is 5.71. The van der Waals surface area contributed by atoms with Crippen molar-refractivity contribution in [2.75, 3.05) is 45.9 Å². The summed E-state index contributed by atoms with van der Waals surface area (Å²) in [4.78, 5) is 17.5. The Bertz CT molecular complexity index is 717. The molecule has 2 fully saturated rings. The van der Waals surface area contributed by atoms with Crippen molar-refractivity contribution in [3.63, 3.8) is 0 Å². The van der Waals surface area contributed by atoms with Gasteiger partial charge in [0.15, 0.2) is 0 Å². The fourth-order valence-electron chi connectivity index (χ4n) is 5.03. The minimum atomic E-state index is 0.0275. The molecule has 2 aliphatic heterocycles. The Kier molecular flexibility index (Phi) is 6.64. The van der Waals surface area contributed by atoms with Gasteiger partial charge in [0, 0.05) is 48.8 Å². The maximum atomic E-state index is 12.8. The van der Waals surface area contributed by atoms with E-state index in [0.717, 1.165) is 57.0 Å². The summed E-state index contributed by atoms with van der Waals surface area (Å²) in [5.74, 6) is 0.948. The molecule has 1 saturated carbocycles. The number of nitrogens with one attached hydrogen (secondary N) is 1. The third-order valence-corrected chi connectivity index (χ3v) is 6.69. The first kappa shape index (κ1) is 20.9. The molecule has 1 saturated heterocycles. The van der Waals surface area contributed by atoms with Crippen molar-refractivity contribution in [2.24, 2.45) is 0 Å². The van der Waals surface area contributed by atoms with Gasteiger partial charge in [-0.1, -0.05) is 24.4 Å². The molecule has 7 heteroatoms. The van der Waals surface area contributed by atoms with E-state index < -0.39 is 0 Å². The Balaban J connectivity index is 1.36. The van der Waals surface area contributed by atoms with E-state index in [0.29, 0.717) is 24.7 Å². The van der Waals surface area contributed by atoms with Crippen LogP contribution in [0.15, 0.2) is 18.2 Å². The lowest BCUT2D eigenvalue weighted by molar-refractivity contribution is -0.123. The number of ether oxygens (including phenoxy) is 2. The molecule has 1 aliphatic carbocycles. The van der Waals surface area contributed by atoms with Gasteiger partial charge < -0.3 is 14.8 Å². The van der Waals surface area contributed by atoms with Crippen molar-refractivity contribution >= 4 is 17.5 Å². The van der Waals surface area contributed by atoms with Gasteiger partial charge in [-0.15, -0.1) is 0 Å². The number of morpholine rings is 1. The normalized spacial score (nSPS) is 25.1. The SMILES string of the molecule is C[C@@H]1CN(CC(=O)NCC2(N3CCOCC3)CCCC2)Cc2cc(Cl)ccc2O1. The summed E-state index contributed by atoms with van der Waals surface area (Å²) in [7, 11) is 0. The van der Waals surface area contributed by atoms with Crippen LogP contribution in [0.1, 0.15) is 38.2 Å². The molecule has 3 aliphatic rings. The number of carbonyl (C=O) groups excluding carboxylic acids is 1. The van der Waals surface area contributed by atoms with Gasteiger partial charge in [0.25, 0.3) is 0 Å². The monoisotopic (exact) mass is 421 g/mol. The Hall–Kier alpha value is -1.34. The smallest absolute Gasteiger partial charge is 0.234 e. The summed E-state index contributed by atoms with van der Waals surface area (Å²) >= 11 is 6.16. The predicted octanol–water partition coefficient (Wildman–Crippen LogP) is 2.68. The van der Waals surface area contributed by atoms with Gasteiger partial charge in [0.05, 0.1) is 19.8 Å². The van der Waals surface area contributed by atoms with Crippen LogP contribution in [0.2, 0.25) is 5.02 Å². The Labute approximate surface area is 178 Å². The lowest BCUT2D eigenvalue weighted by atomic mass is 9.94. The van der Waals surface area contributed by atoms with E-state index in [2.05, 4.69) is 15.1 Å². The van der Waals surface area contributed by atoms with Crippen molar-refractivity contribution in [3.05, 3.63) is 28.8 Å². The molecule has 1 N–H and O–H groups in total. The molecular weight excluding hydrogens is 390 g/mol. The van der Waals surface area contributed by atoms with Gasteiger partial charge in [-0.05, 0) is 38.0 Å². The molecule has 0 bridgehead atoms. The zero-order chi connectivity index (χ0) is 20.3. The van der Waals surface area contributed by atoms with Crippen molar-refractivity contribution in [2.45, 2.75) is 50.8 Å². The van der Waals surface area contributed by atoms with E-state index in [4.69, 9.17) is 21.1 Å². The van der Waals surface area contributed by atoms with Crippen LogP contribution in [0.25, 0.3) is 0 Å². The third-order valence-electron chi connectivity index (χ3n) is 6.46. The average Bonchev–Trinajstić information content (AvgIpc) is 3.13. The molecule has 0 radical (unpaired) electrons. The van der Waals surface area contributed by atoms with Gasteiger partial charge in [-0.2, -0.15) is 0 Å². The van der Waals surface area contributed by atoms with Crippen molar-refractivity contribution in [3.8, 4) is 5.75 Å². The number of fused-ring (bicyclic) bond motifs is 1. The van der Waals surface area contributed by atoms with Gasteiger partial charge in [0.2, 0.25) is 5.91 Å². The highest BCUT2D eigenvalue weighted by Gasteiger charge is 2.40. The van der Waals surface area contributed by atoms with Gasteiger partial charge in [-0.3, -0.25) is 14.6 Å². The lowest BCUT2D eigenvalue weighted by Crippen LogP contribution is -2.58. The number of hydrogen-bond acceptors (Lipinski definition) is 5. The first-order valence-corrected chi connectivity index (χ1v) is 11.2. The maximum absolute atomic E-state index is 12.8. The average molecular weight is 422 g/mol. The van der Waals surface area contributed by atoms with Crippen molar-refractivity contribution in [1.82, 2.24) is 15.1 Å². The van der Waals surface area contributed by atoms with Crippen LogP contribution in [0.4, 0.5) is 0 Å². The molecule has 1 atom stereocenters. The molecule has 2 heterocycles. The summed E-state index contributed by atoms with van der Waals surface area (Å²) in [5, 5.41) is 3.95. The predicted molar refractivity (Wildman–Crippen MR) is 113 cm³/mol. The zero-order valence-corrected chi connectivity index (χ0v) is 18.0. The van der Waals surface area contributed by atoms with Crippen molar-refractivity contribution < 1.29 is 14.3 Å². The maximum Gasteiger partial charge on any atom is 0.234 e. The second-order valence-corrected chi connectivity index (χ2v) is 9.09. The minimum Gasteiger partial charge on any atom is -0.489 e. The fourth-order valence-corrected chi connectivity index (χ4v) is 5.22. The van der Waals surface area contributed by atoms with Crippen LogP contribution >= 0.6 is 11.6 Å². The molecule has 6 nitrogen and oxygen atoms in total. The van der Waals surface area contributed by atoms with E-state index in [1.807, 2.05) is 25.1 Å². The summed E-state index contributed by atoms with van der Waals surface area (Å²) in [6.45, 7) is 8.06. The molecular formula is C22H32ClN3O3. The van der Waals surface area contributed by atoms with Gasteiger partial charge in [-0.25, -0.2) is 0 Å². The molecule has 4 rings (SSSR count). The van der Waals surface area contributed by atoms with E-state index in [9.17, 15) is 4.79 Å². The molecule has 1 aromatic rings. The molecule has 0 unspecified atom stereocenters. The number of halogens is 1. The van der Waals surface area contributed by atoms with Gasteiger partial charge in [0.1, 0.15) is 11.9 Å². The Morgan fingerprint density at radius 1 is 1.28 bits per heavy atom. The second kappa shape index (κ2) is 9.21.